The summed E-state index contributed by atoms with van der Waals surface area (Å²) >= 11 is 0. The largest absolute Gasteiger partial charge is 0.478 e. The molecule has 2 heterocycles. The molecule has 0 spiro atoms. The first-order valence-corrected chi connectivity index (χ1v) is 7.29. The van der Waals surface area contributed by atoms with Gasteiger partial charge >= 0.3 is 0 Å². The van der Waals surface area contributed by atoms with E-state index in [0.717, 1.165) is 0 Å². The first kappa shape index (κ1) is 15.3. The van der Waals surface area contributed by atoms with Gasteiger partial charge in [-0.25, -0.2) is 0 Å². The Hall–Kier alpha value is -2.05. The normalized spacial score (nSPS) is 15.0. The smallest absolute Gasteiger partial charge is 0.232 e. The number of amides is 1. The summed E-state index contributed by atoms with van der Waals surface area (Å²) in [6.07, 6.45) is 0. The van der Waals surface area contributed by atoms with Gasteiger partial charge in [0.25, 0.3) is 0 Å². The van der Waals surface area contributed by atoms with Gasteiger partial charge in [-0.15, -0.1) is 0 Å². The number of ether oxygens (including phenoxy) is 2. The van der Waals surface area contributed by atoms with Gasteiger partial charge in [0.15, 0.2) is 0 Å². The van der Waals surface area contributed by atoms with E-state index in [1.54, 1.807) is 13.0 Å². The van der Waals surface area contributed by atoms with Crippen LogP contribution in [0.1, 0.15) is 20.8 Å². The van der Waals surface area contributed by atoms with Crippen molar-refractivity contribution in [2.24, 2.45) is 0 Å². The molecule has 7 nitrogen and oxygen atoms in total. The lowest BCUT2D eigenvalue weighted by Gasteiger charge is -2.34. The van der Waals surface area contributed by atoms with Crippen molar-refractivity contribution in [1.29, 1.82) is 0 Å². The highest BCUT2D eigenvalue weighted by Gasteiger charge is 2.21. The second kappa shape index (κ2) is 7.10. The predicted octanol–water partition coefficient (Wildman–Crippen LogP) is 0.942. The highest BCUT2D eigenvalue weighted by molar-refractivity contribution is 5.73. The van der Waals surface area contributed by atoms with Gasteiger partial charge in [-0.2, -0.15) is 9.97 Å². The van der Waals surface area contributed by atoms with E-state index in [9.17, 15) is 4.79 Å². The molecular formula is C14H22N4O3. The molecule has 0 aliphatic carbocycles. The van der Waals surface area contributed by atoms with Crippen molar-refractivity contribution >= 4 is 11.9 Å². The average molecular weight is 294 g/mol. The molecule has 1 amide bonds. The summed E-state index contributed by atoms with van der Waals surface area (Å²) in [6.45, 7) is 9.28. The number of anilines is 1. The summed E-state index contributed by atoms with van der Waals surface area (Å²) in [5, 5.41) is 0. The monoisotopic (exact) mass is 294 g/mol. The second-order valence-electron chi connectivity index (χ2n) is 4.70. The quantitative estimate of drug-likeness (QED) is 0.805. The van der Waals surface area contributed by atoms with Crippen molar-refractivity contribution in [3.05, 3.63) is 6.07 Å². The van der Waals surface area contributed by atoms with Gasteiger partial charge in [0.1, 0.15) is 0 Å². The van der Waals surface area contributed by atoms with Crippen LogP contribution in [-0.4, -0.2) is 60.2 Å². The molecule has 0 aromatic carbocycles. The lowest BCUT2D eigenvalue weighted by Crippen LogP contribution is -2.48. The van der Waals surface area contributed by atoms with Crippen LogP contribution in [0.3, 0.4) is 0 Å². The average Bonchev–Trinajstić information content (AvgIpc) is 2.48. The molecule has 1 saturated heterocycles. The van der Waals surface area contributed by atoms with Crippen LogP contribution in [0, 0.1) is 0 Å². The molecule has 1 fully saturated rings. The minimum Gasteiger partial charge on any atom is -0.478 e. The minimum atomic E-state index is 0.105. The van der Waals surface area contributed by atoms with Gasteiger partial charge in [-0.1, -0.05) is 0 Å². The van der Waals surface area contributed by atoms with Crippen molar-refractivity contribution < 1.29 is 14.3 Å². The van der Waals surface area contributed by atoms with Gasteiger partial charge in [0, 0.05) is 33.1 Å². The SMILES string of the molecule is CCOc1cc(OCC)nc(N2CCN(C(C)=O)CC2)n1. The third-order valence-electron chi connectivity index (χ3n) is 3.26. The predicted molar refractivity (Wildman–Crippen MR) is 78.8 cm³/mol. The van der Waals surface area contributed by atoms with E-state index in [4.69, 9.17) is 9.47 Å². The number of aromatic nitrogens is 2. The van der Waals surface area contributed by atoms with E-state index < -0.39 is 0 Å². The van der Waals surface area contributed by atoms with E-state index >= 15 is 0 Å². The molecule has 21 heavy (non-hydrogen) atoms. The van der Waals surface area contributed by atoms with Crippen LogP contribution >= 0.6 is 0 Å². The Morgan fingerprint density at radius 1 is 1.10 bits per heavy atom. The van der Waals surface area contributed by atoms with E-state index in [2.05, 4.69) is 9.97 Å². The Labute approximate surface area is 124 Å². The zero-order valence-electron chi connectivity index (χ0n) is 12.8. The van der Waals surface area contributed by atoms with Crippen LogP contribution in [0.4, 0.5) is 5.95 Å². The molecule has 0 atom stereocenters. The summed E-state index contributed by atoms with van der Waals surface area (Å²) < 4.78 is 10.9. The maximum absolute atomic E-state index is 11.4. The molecule has 2 rings (SSSR count). The lowest BCUT2D eigenvalue weighted by atomic mass is 10.3. The maximum atomic E-state index is 11.4. The molecule has 1 aliphatic heterocycles. The van der Waals surface area contributed by atoms with E-state index in [1.807, 2.05) is 23.6 Å². The van der Waals surface area contributed by atoms with Gasteiger partial charge in [-0.3, -0.25) is 4.79 Å². The van der Waals surface area contributed by atoms with E-state index in [-0.39, 0.29) is 5.91 Å². The molecule has 0 saturated carbocycles. The van der Waals surface area contributed by atoms with Crippen LogP contribution in [-0.2, 0) is 4.79 Å². The summed E-state index contributed by atoms with van der Waals surface area (Å²) in [5.74, 6) is 1.72. The molecule has 7 heteroatoms. The number of hydrogen-bond donors (Lipinski definition) is 0. The van der Waals surface area contributed by atoms with Crippen LogP contribution in [0.2, 0.25) is 0 Å². The van der Waals surface area contributed by atoms with Gasteiger partial charge < -0.3 is 19.3 Å². The number of piperazine rings is 1. The summed E-state index contributed by atoms with van der Waals surface area (Å²) in [5.41, 5.74) is 0. The Bertz CT molecular complexity index is 463. The maximum Gasteiger partial charge on any atom is 0.232 e. The van der Waals surface area contributed by atoms with Gasteiger partial charge in [-0.05, 0) is 13.8 Å². The molecule has 0 unspecified atom stereocenters. The topological polar surface area (TPSA) is 67.8 Å². The standard InChI is InChI=1S/C14H22N4O3/c1-4-20-12-10-13(21-5-2)16-14(15-12)18-8-6-17(7-9-18)11(3)19/h10H,4-9H2,1-3H3. The van der Waals surface area contributed by atoms with Crippen molar-refractivity contribution in [2.75, 3.05) is 44.3 Å². The number of carbonyl (C=O) groups is 1. The molecule has 1 aromatic heterocycles. The zero-order chi connectivity index (χ0) is 15.2. The zero-order valence-corrected chi connectivity index (χ0v) is 12.8. The molecule has 0 bridgehead atoms. The lowest BCUT2D eigenvalue weighted by molar-refractivity contribution is -0.129. The molecule has 116 valence electrons. The van der Waals surface area contributed by atoms with Crippen LogP contribution in [0.5, 0.6) is 11.8 Å². The Morgan fingerprint density at radius 3 is 2.05 bits per heavy atom. The van der Waals surface area contributed by atoms with E-state index in [1.165, 1.54) is 0 Å². The number of carbonyl (C=O) groups excluding carboxylic acids is 1. The Morgan fingerprint density at radius 2 is 1.62 bits per heavy atom. The Balaban J connectivity index is 2.13. The number of rotatable bonds is 5. The number of nitrogens with zero attached hydrogens (tertiary/aromatic N) is 4. The highest BCUT2D eigenvalue weighted by atomic mass is 16.5. The van der Waals surface area contributed by atoms with Crippen molar-refractivity contribution in [3.8, 4) is 11.8 Å². The highest BCUT2D eigenvalue weighted by Crippen LogP contribution is 2.21. The number of hydrogen-bond acceptors (Lipinski definition) is 6. The van der Waals surface area contributed by atoms with Crippen molar-refractivity contribution in [1.82, 2.24) is 14.9 Å². The fourth-order valence-corrected chi connectivity index (χ4v) is 2.20. The van der Waals surface area contributed by atoms with Crippen LogP contribution in [0.15, 0.2) is 6.07 Å². The minimum absolute atomic E-state index is 0.105. The first-order chi connectivity index (χ1) is 10.1. The van der Waals surface area contributed by atoms with Gasteiger partial charge in [0.2, 0.25) is 23.6 Å². The molecule has 0 N–H and O–H groups in total. The summed E-state index contributed by atoms with van der Waals surface area (Å²) in [4.78, 5) is 24.0. The molecular weight excluding hydrogens is 272 g/mol. The summed E-state index contributed by atoms with van der Waals surface area (Å²) in [6, 6.07) is 1.70. The second-order valence-corrected chi connectivity index (χ2v) is 4.70. The first-order valence-electron chi connectivity index (χ1n) is 7.29. The third kappa shape index (κ3) is 3.96. The van der Waals surface area contributed by atoms with Crippen LogP contribution < -0.4 is 14.4 Å². The fraction of sp³-hybridized carbons (Fsp3) is 0.643. The van der Waals surface area contributed by atoms with E-state index in [0.29, 0.717) is 57.1 Å². The van der Waals surface area contributed by atoms with Crippen LogP contribution in [0.25, 0.3) is 0 Å². The van der Waals surface area contributed by atoms with Gasteiger partial charge in [0.05, 0.1) is 19.3 Å². The molecule has 1 aromatic rings. The Kier molecular flexibility index (Phi) is 5.19. The molecule has 0 radical (unpaired) electrons. The van der Waals surface area contributed by atoms with Crippen molar-refractivity contribution in [2.45, 2.75) is 20.8 Å². The van der Waals surface area contributed by atoms with Crippen molar-refractivity contribution in [3.63, 3.8) is 0 Å². The summed E-state index contributed by atoms with van der Waals surface area (Å²) in [7, 11) is 0. The fourth-order valence-electron chi connectivity index (χ4n) is 2.20. The molecule has 1 aliphatic rings. The third-order valence-corrected chi connectivity index (χ3v) is 3.26.